The standard InChI is InChI=1S/C23H26FN3/c1-27(2)22-18(15-17-9-3-6-12-21(17)26-22)16-25-23(13-7-8-14-23)19-10-4-5-11-20(19)24/h3-6,9-12,15,25H,7-8,13-14,16H2,1-2H3. The van der Waals surface area contributed by atoms with E-state index in [1.165, 1.54) is 0 Å². The summed E-state index contributed by atoms with van der Waals surface area (Å²) in [6, 6.07) is 17.6. The third-order valence-electron chi connectivity index (χ3n) is 5.67. The molecule has 0 spiro atoms. The fourth-order valence-electron chi connectivity index (χ4n) is 4.30. The van der Waals surface area contributed by atoms with E-state index >= 15 is 0 Å². The van der Waals surface area contributed by atoms with Gasteiger partial charge in [0, 0.05) is 42.7 Å². The highest BCUT2D eigenvalue weighted by molar-refractivity contribution is 5.81. The summed E-state index contributed by atoms with van der Waals surface area (Å²) >= 11 is 0. The summed E-state index contributed by atoms with van der Waals surface area (Å²) in [5.41, 5.74) is 2.64. The number of para-hydroxylation sites is 1. The first-order chi connectivity index (χ1) is 13.1. The van der Waals surface area contributed by atoms with Gasteiger partial charge in [0.15, 0.2) is 0 Å². The van der Waals surface area contributed by atoms with Crippen molar-refractivity contribution in [2.75, 3.05) is 19.0 Å². The van der Waals surface area contributed by atoms with Gasteiger partial charge in [-0.2, -0.15) is 0 Å². The number of aromatic nitrogens is 1. The number of rotatable bonds is 5. The number of fused-ring (bicyclic) bond motifs is 1. The van der Waals surface area contributed by atoms with Crippen molar-refractivity contribution in [1.29, 1.82) is 0 Å². The molecular formula is C23H26FN3. The van der Waals surface area contributed by atoms with Crippen molar-refractivity contribution < 1.29 is 4.39 Å². The Morgan fingerprint density at radius 2 is 1.74 bits per heavy atom. The molecule has 140 valence electrons. The Balaban J connectivity index is 1.69. The number of nitrogens with one attached hydrogen (secondary N) is 1. The van der Waals surface area contributed by atoms with Crippen LogP contribution in [0.2, 0.25) is 0 Å². The molecule has 1 aliphatic carbocycles. The molecule has 4 heteroatoms. The van der Waals surface area contributed by atoms with Gasteiger partial charge in [-0.3, -0.25) is 0 Å². The van der Waals surface area contributed by atoms with Gasteiger partial charge < -0.3 is 10.2 Å². The van der Waals surface area contributed by atoms with Crippen molar-refractivity contribution in [3.05, 3.63) is 71.5 Å². The molecule has 27 heavy (non-hydrogen) atoms. The van der Waals surface area contributed by atoms with Crippen LogP contribution >= 0.6 is 0 Å². The van der Waals surface area contributed by atoms with Crippen LogP contribution < -0.4 is 10.2 Å². The van der Waals surface area contributed by atoms with Crippen molar-refractivity contribution in [2.24, 2.45) is 0 Å². The van der Waals surface area contributed by atoms with Gasteiger partial charge in [-0.25, -0.2) is 9.37 Å². The zero-order valence-electron chi connectivity index (χ0n) is 16.0. The summed E-state index contributed by atoms with van der Waals surface area (Å²) < 4.78 is 14.6. The molecule has 1 aliphatic rings. The number of benzene rings is 2. The number of anilines is 1. The van der Waals surface area contributed by atoms with Crippen LogP contribution in [0, 0.1) is 5.82 Å². The van der Waals surface area contributed by atoms with Crippen LogP contribution in [-0.2, 0) is 12.1 Å². The molecule has 0 unspecified atom stereocenters. The molecule has 0 aliphatic heterocycles. The fraction of sp³-hybridized carbons (Fsp3) is 0.348. The maximum absolute atomic E-state index is 14.6. The SMILES string of the molecule is CN(C)c1nc2ccccc2cc1CNC1(c2ccccc2F)CCCC1. The predicted octanol–water partition coefficient (Wildman–Crippen LogP) is 5.00. The van der Waals surface area contributed by atoms with E-state index in [0.29, 0.717) is 6.54 Å². The maximum atomic E-state index is 14.6. The van der Waals surface area contributed by atoms with Gasteiger partial charge in [0.05, 0.1) is 5.52 Å². The average molecular weight is 363 g/mol. The van der Waals surface area contributed by atoms with Crippen molar-refractivity contribution in [3.63, 3.8) is 0 Å². The van der Waals surface area contributed by atoms with E-state index in [2.05, 4.69) is 17.4 Å². The molecule has 0 saturated heterocycles. The molecule has 3 aromatic rings. The summed E-state index contributed by atoms with van der Waals surface area (Å²) in [5, 5.41) is 4.85. The van der Waals surface area contributed by atoms with Crippen molar-refractivity contribution in [2.45, 2.75) is 37.8 Å². The Bertz CT molecular complexity index is 945. The number of hydrogen-bond acceptors (Lipinski definition) is 3. The van der Waals surface area contributed by atoms with Gasteiger partial charge >= 0.3 is 0 Å². The number of hydrogen-bond donors (Lipinski definition) is 1. The fourth-order valence-corrected chi connectivity index (χ4v) is 4.30. The summed E-state index contributed by atoms with van der Waals surface area (Å²) in [5.74, 6) is 0.847. The largest absolute Gasteiger partial charge is 0.362 e. The normalized spacial score (nSPS) is 16.0. The summed E-state index contributed by atoms with van der Waals surface area (Å²) in [7, 11) is 4.03. The van der Waals surface area contributed by atoms with E-state index in [0.717, 1.165) is 53.5 Å². The number of pyridine rings is 1. The van der Waals surface area contributed by atoms with Crippen LogP contribution in [0.15, 0.2) is 54.6 Å². The minimum absolute atomic E-state index is 0.114. The Labute approximate surface area is 160 Å². The first-order valence-electron chi connectivity index (χ1n) is 9.65. The van der Waals surface area contributed by atoms with Crippen molar-refractivity contribution in [1.82, 2.24) is 10.3 Å². The second-order valence-corrected chi connectivity index (χ2v) is 7.68. The van der Waals surface area contributed by atoms with Crippen LogP contribution in [0.5, 0.6) is 0 Å². The minimum atomic E-state index is -0.291. The van der Waals surface area contributed by atoms with Crippen LogP contribution in [-0.4, -0.2) is 19.1 Å². The van der Waals surface area contributed by atoms with Gasteiger partial charge in [0.25, 0.3) is 0 Å². The second kappa shape index (κ2) is 7.28. The molecule has 1 heterocycles. The molecule has 2 aromatic carbocycles. The number of halogens is 1. The predicted molar refractivity (Wildman–Crippen MR) is 109 cm³/mol. The summed E-state index contributed by atoms with van der Waals surface area (Å²) in [6.07, 6.45) is 4.17. The monoisotopic (exact) mass is 363 g/mol. The molecule has 0 atom stereocenters. The highest BCUT2D eigenvalue weighted by atomic mass is 19.1. The average Bonchev–Trinajstić information content (AvgIpc) is 3.16. The second-order valence-electron chi connectivity index (χ2n) is 7.68. The Kier molecular flexibility index (Phi) is 4.83. The van der Waals surface area contributed by atoms with Gasteiger partial charge in [0.1, 0.15) is 11.6 Å². The first kappa shape index (κ1) is 17.9. The first-order valence-corrected chi connectivity index (χ1v) is 9.65. The van der Waals surface area contributed by atoms with Crippen LogP contribution in [0.1, 0.15) is 36.8 Å². The molecule has 1 fully saturated rings. The third kappa shape index (κ3) is 3.42. The van der Waals surface area contributed by atoms with Crippen LogP contribution in [0.25, 0.3) is 10.9 Å². The molecule has 0 amide bonds. The molecule has 0 radical (unpaired) electrons. The van der Waals surface area contributed by atoms with E-state index in [1.54, 1.807) is 12.1 Å². The zero-order valence-corrected chi connectivity index (χ0v) is 16.0. The van der Waals surface area contributed by atoms with Crippen LogP contribution in [0.4, 0.5) is 10.2 Å². The van der Waals surface area contributed by atoms with Crippen LogP contribution in [0.3, 0.4) is 0 Å². The van der Waals surface area contributed by atoms with E-state index in [-0.39, 0.29) is 11.4 Å². The van der Waals surface area contributed by atoms with E-state index < -0.39 is 0 Å². The third-order valence-corrected chi connectivity index (χ3v) is 5.67. The summed E-state index contributed by atoms with van der Waals surface area (Å²) in [6.45, 7) is 0.666. The van der Waals surface area contributed by atoms with Gasteiger partial charge in [-0.15, -0.1) is 0 Å². The Morgan fingerprint density at radius 1 is 1.04 bits per heavy atom. The lowest BCUT2D eigenvalue weighted by Crippen LogP contribution is -2.40. The lowest BCUT2D eigenvalue weighted by atomic mass is 9.87. The van der Waals surface area contributed by atoms with Gasteiger partial charge in [0.2, 0.25) is 0 Å². The Hall–Kier alpha value is -2.46. The highest BCUT2D eigenvalue weighted by Gasteiger charge is 2.37. The molecule has 3 nitrogen and oxygen atoms in total. The molecule has 1 N–H and O–H groups in total. The quantitative estimate of drug-likeness (QED) is 0.691. The zero-order chi connectivity index (χ0) is 18.9. The molecular weight excluding hydrogens is 337 g/mol. The summed E-state index contributed by atoms with van der Waals surface area (Å²) in [4.78, 5) is 6.89. The molecule has 4 rings (SSSR count). The van der Waals surface area contributed by atoms with E-state index in [4.69, 9.17) is 4.98 Å². The lowest BCUT2D eigenvalue weighted by molar-refractivity contribution is 0.325. The molecule has 0 bridgehead atoms. The highest BCUT2D eigenvalue weighted by Crippen LogP contribution is 2.40. The maximum Gasteiger partial charge on any atom is 0.133 e. The van der Waals surface area contributed by atoms with Crippen molar-refractivity contribution >= 4 is 16.7 Å². The van der Waals surface area contributed by atoms with E-state index in [9.17, 15) is 4.39 Å². The van der Waals surface area contributed by atoms with Crippen molar-refractivity contribution in [3.8, 4) is 0 Å². The number of nitrogens with zero attached hydrogens (tertiary/aromatic N) is 2. The molecule has 1 saturated carbocycles. The van der Waals surface area contributed by atoms with E-state index in [1.807, 2.05) is 49.3 Å². The minimum Gasteiger partial charge on any atom is -0.362 e. The molecule has 1 aromatic heterocycles. The van der Waals surface area contributed by atoms with Gasteiger partial charge in [-0.05, 0) is 31.0 Å². The Morgan fingerprint density at radius 3 is 2.48 bits per heavy atom. The van der Waals surface area contributed by atoms with Gasteiger partial charge in [-0.1, -0.05) is 49.2 Å². The topological polar surface area (TPSA) is 28.2 Å². The smallest absolute Gasteiger partial charge is 0.133 e. The lowest BCUT2D eigenvalue weighted by Gasteiger charge is -2.32.